The maximum absolute atomic E-state index is 13.6. The molecule has 0 N–H and O–H groups in total. The van der Waals surface area contributed by atoms with Crippen LogP contribution in [0.2, 0.25) is 0 Å². The monoisotopic (exact) mass is 317 g/mol. The van der Waals surface area contributed by atoms with E-state index in [0.717, 1.165) is 4.73 Å². The van der Waals surface area contributed by atoms with E-state index in [0.29, 0.717) is 33.6 Å². The van der Waals surface area contributed by atoms with Gasteiger partial charge in [-0.25, -0.2) is 4.39 Å². The average molecular weight is 317 g/mol. The molecule has 1 aromatic carbocycles. The van der Waals surface area contributed by atoms with E-state index >= 15 is 0 Å². The summed E-state index contributed by atoms with van der Waals surface area (Å²) < 4.78 is 19.5. The maximum atomic E-state index is 13.6. The lowest BCUT2D eigenvalue weighted by atomic mass is 10.1. The maximum Gasteiger partial charge on any atom is 0.251 e. The zero-order valence-corrected chi connectivity index (χ0v) is 12.5. The van der Waals surface area contributed by atoms with E-state index in [4.69, 9.17) is 4.52 Å². The van der Waals surface area contributed by atoms with Crippen molar-refractivity contribution in [3.8, 4) is 11.4 Å². The van der Waals surface area contributed by atoms with Crippen LogP contribution in [0.1, 0.15) is 11.5 Å². The fourth-order valence-corrected chi connectivity index (χ4v) is 2.57. The SMILES string of the molecule is Cc1ccc(-c2noc(CSc3cccc[n+]3[O-])n2)cc1F. The van der Waals surface area contributed by atoms with Crippen molar-refractivity contribution in [3.63, 3.8) is 0 Å². The molecule has 22 heavy (non-hydrogen) atoms. The molecule has 0 unspecified atom stereocenters. The highest BCUT2D eigenvalue weighted by Gasteiger charge is 2.12. The molecule has 0 atom stereocenters. The summed E-state index contributed by atoms with van der Waals surface area (Å²) in [5.41, 5.74) is 1.12. The fourth-order valence-electron chi connectivity index (χ4n) is 1.82. The number of aromatic nitrogens is 3. The summed E-state index contributed by atoms with van der Waals surface area (Å²) in [6, 6.07) is 9.94. The van der Waals surface area contributed by atoms with Gasteiger partial charge in [-0.3, -0.25) is 0 Å². The van der Waals surface area contributed by atoms with E-state index in [1.54, 1.807) is 37.3 Å². The first-order valence-electron chi connectivity index (χ1n) is 6.53. The number of rotatable bonds is 4. The number of aryl methyl sites for hydroxylation is 1. The normalized spacial score (nSPS) is 10.8. The molecule has 0 aliphatic heterocycles. The molecule has 0 fully saturated rings. The molecule has 3 aromatic rings. The van der Waals surface area contributed by atoms with Crippen LogP contribution < -0.4 is 4.73 Å². The molecule has 0 amide bonds. The van der Waals surface area contributed by atoms with Gasteiger partial charge in [0.25, 0.3) is 5.03 Å². The zero-order chi connectivity index (χ0) is 15.5. The highest BCUT2D eigenvalue weighted by molar-refractivity contribution is 7.98. The van der Waals surface area contributed by atoms with Crippen LogP contribution in [-0.2, 0) is 5.75 Å². The van der Waals surface area contributed by atoms with Gasteiger partial charge in [-0.1, -0.05) is 17.3 Å². The quantitative estimate of drug-likeness (QED) is 0.420. The van der Waals surface area contributed by atoms with Crippen LogP contribution in [0.15, 0.2) is 52.1 Å². The first kappa shape index (κ1) is 14.5. The number of halogens is 1. The summed E-state index contributed by atoms with van der Waals surface area (Å²) in [7, 11) is 0. The predicted molar refractivity (Wildman–Crippen MR) is 79.4 cm³/mol. The van der Waals surface area contributed by atoms with Crippen molar-refractivity contribution in [2.24, 2.45) is 0 Å². The van der Waals surface area contributed by atoms with E-state index in [9.17, 15) is 9.60 Å². The van der Waals surface area contributed by atoms with E-state index in [1.165, 1.54) is 24.0 Å². The molecule has 0 saturated heterocycles. The second-order valence-electron chi connectivity index (χ2n) is 4.63. The van der Waals surface area contributed by atoms with Gasteiger partial charge in [0.2, 0.25) is 11.7 Å². The number of pyridine rings is 1. The zero-order valence-electron chi connectivity index (χ0n) is 11.7. The minimum atomic E-state index is -0.310. The van der Waals surface area contributed by atoms with Gasteiger partial charge in [0.15, 0.2) is 6.20 Å². The summed E-state index contributed by atoms with van der Waals surface area (Å²) in [4.78, 5) is 4.22. The Morgan fingerprint density at radius 2 is 2.18 bits per heavy atom. The molecule has 0 spiro atoms. The molecular formula is C15H12FN3O2S. The number of benzene rings is 1. The van der Waals surface area contributed by atoms with Crippen molar-refractivity contribution < 1.29 is 13.6 Å². The molecule has 5 nitrogen and oxygen atoms in total. The molecule has 0 saturated carbocycles. The van der Waals surface area contributed by atoms with Crippen LogP contribution >= 0.6 is 11.8 Å². The number of hydrogen-bond donors (Lipinski definition) is 0. The molecule has 0 aliphatic rings. The molecule has 7 heteroatoms. The van der Waals surface area contributed by atoms with Gasteiger partial charge >= 0.3 is 0 Å². The van der Waals surface area contributed by atoms with Crippen LogP contribution in [0.25, 0.3) is 11.4 Å². The molecule has 0 radical (unpaired) electrons. The molecular weight excluding hydrogens is 305 g/mol. The van der Waals surface area contributed by atoms with Crippen LogP contribution in [0.5, 0.6) is 0 Å². The lowest BCUT2D eigenvalue weighted by Crippen LogP contribution is -2.27. The second kappa shape index (κ2) is 6.15. The fraction of sp³-hybridized carbons (Fsp3) is 0.133. The minimum Gasteiger partial charge on any atom is -0.618 e. The third-order valence-electron chi connectivity index (χ3n) is 3.03. The van der Waals surface area contributed by atoms with Crippen molar-refractivity contribution in [2.75, 3.05) is 0 Å². The average Bonchev–Trinajstić information content (AvgIpc) is 2.98. The lowest BCUT2D eigenvalue weighted by molar-refractivity contribution is -0.645. The molecule has 3 rings (SSSR count). The largest absolute Gasteiger partial charge is 0.618 e. The molecule has 112 valence electrons. The van der Waals surface area contributed by atoms with Gasteiger partial charge in [0.05, 0.1) is 5.75 Å². The smallest absolute Gasteiger partial charge is 0.251 e. The first-order valence-corrected chi connectivity index (χ1v) is 7.52. The Bertz CT molecular complexity index is 807. The van der Waals surface area contributed by atoms with Gasteiger partial charge in [0.1, 0.15) is 5.82 Å². The molecule has 0 bridgehead atoms. The Hall–Kier alpha value is -2.41. The van der Waals surface area contributed by atoms with E-state index < -0.39 is 0 Å². The summed E-state index contributed by atoms with van der Waals surface area (Å²) in [6.07, 6.45) is 1.43. The topological polar surface area (TPSA) is 65.9 Å². The summed E-state index contributed by atoms with van der Waals surface area (Å²) in [6.45, 7) is 1.69. The van der Waals surface area contributed by atoms with Gasteiger partial charge < -0.3 is 9.73 Å². The van der Waals surface area contributed by atoms with Gasteiger partial charge in [-0.15, -0.1) is 0 Å². The van der Waals surface area contributed by atoms with Crippen molar-refractivity contribution in [1.82, 2.24) is 10.1 Å². The number of thioether (sulfide) groups is 1. The van der Waals surface area contributed by atoms with E-state index in [-0.39, 0.29) is 5.82 Å². The van der Waals surface area contributed by atoms with Gasteiger partial charge in [0, 0.05) is 17.7 Å². The number of hydrogen-bond acceptors (Lipinski definition) is 5. The highest BCUT2D eigenvalue weighted by Crippen LogP contribution is 2.22. The van der Waals surface area contributed by atoms with E-state index in [1.807, 2.05) is 0 Å². The summed E-state index contributed by atoms with van der Waals surface area (Å²) >= 11 is 1.29. The summed E-state index contributed by atoms with van der Waals surface area (Å²) in [5.74, 6) is 0.769. The Kier molecular flexibility index (Phi) is 4.06. The number of nitrogens with zero attached hydrogens (tertiary/aromatic N) is 3. The Labute approximate surface area is 130 Å². The van der Waals surface area contributed by atoms with Crippen molar-refractivity contribution in [1.29, 1.82) is 0 Å². The Morgan fingerprint density at radius 3 is 2.95 bits per heavy atom. The molecule has 0 aliphatic carbocycles. The van der Waals surface area contributed by atoms with Crippen molar-refractivity contribution in [3.05, 3.63) is 65.1 Å². The van der Waals surface area contributed by atoms with Crippen LogP contribution in [-0.4, -0.2) is 10.1 Å². The Morgan fingerprint density at radius 1 is 1.32 bits per heavy atom. The summed E-state index contributed by atoms with van der Waals surface area (Å²) in [5, 5.41) is 15.9. The third kappa shape index (κ3) is 3.09. The Balaban J connectivity index is 1.74. The predicted octanol–water partition coefficient (Wildman–Crippen LogP) is 3.11. The molecule has 2 aromatic heterocycles. The first-order chi connectivity index (χ1) is 10.6. The molecule has 2 heterocycles. The third-order valence-corrected chi connectivity index (χ3v) is 4.03. The van der Waals surface area contributed by atoms with E-state index in [2.05, 4.69) is 10.1 Å². The highest BCUT2D eigenvalue weighted by atomic mass is 32.2. The second-order valence-corrected chi connectivity index (χ2v) is 5.62. The van der Waals surface area contributed by atoms with Crippen molar-refractivity contribution >= 4 is 11.8 Å². The van der Waals surface area contributed by atoms with Crippen molar-refractivity contribution in [2.45, 2.75) is 17.7 Å². The minimum absolute atomic E-state index is 0.310. The van der Waals surface area contributed by atoms with Gasteiger partial charge in [-0.05, 0) is 36.4 Å². The van der Waals surface area contributed by atoms with Gasteiger partial charge in [-0.2, -0.15) is 9.71 Å². The van der Waals surface area contributed by atoms with Crippen LogP contribution in [0.4, 0.5) is 4.39 Å². The lowest BCUT2D eigenvalue weighted by Gasteiger charge is -2.00. The van der Waals surface area contributed by atoms with Crippen LogP contribution in [0.3, 0.4) is 0 Å². The van der Waals surface area contributed by atoms with Crippen LogP contribution in [0, 0.1) is 17.9 Å². The standard InChI is InChI=1S/C15H12FN3O2S/c1-10-5-6-11(8-12(10)16)15-17-13(21-18-15)9-22-14-4-2-3-7-19(14)20/h2-8H,9H2,1H3.